The second-order valence-electron chi connectivity index (χ2n) is 3.60. The van der Waals surface area contributed by atoms with Crippen LogP contribution in [0.1, 0.15) is 12.5 Å². The van der Waals surface area contributed by atoms with Gasteiger partial charge in [-0.1, -0.05) is 11.6 Å². The van der Waals surface area contributed by atoms with Crippen LogP contribution in [-0.4, -0.2) is 23.5 Å². The van der Waals surface area contributed by atoms with Gasteiger partial charge in [-0.2, -0.15) is 0 Å². The fraction of sp³-hybridized carbons (Fsp3) is 0.364. The van der Waals surface area contributed by atoms with Crippen LogP contribution in [0.3, 0.4) is 0 Å². The Hall–Kier alpha value is -1.66. The highest BCUT2D eigenvalue weighted by molar-refractivity contribution is 6.31. The minimum atomic E-state index is -0.885. The van der Waals surface area contributed by atoms with E-state index in [0.717, 1.165) is 0 Å². The number of hydrogen-bond donors (Lipinski definition) is 1. The molecule has 0 saturated carbocycles. The maximum absolute atomic E-state index is 11.4. The van der Waals surface area contributed by atoms with Crippen molar-refractivity contribution in [3.8, 4) is 0 Å². The van der Waals surface area contributed by atoms with Crippen molar-refractivity contribution in [2.45, 2.75) is 19.4 Å². The molecule has 2 N–H and O–H groups in total. The van der Waals surface area contributed by atoms with Crippen LogP contribution in [0.2, 0.25) is 5.02 Å². The Labute approximate surface area is 109 Å². The SMILES string of the molecule is CCOC(=O)[C@H](N)Cc1cc([N+](=O)[O-])ccc1Cl. The third-order valence-corrected chi connectivity index (χ3v) is 2.64. The molecule has 18 heavy (non-hydrogen) atoms. The fourth-order valence-electron chi connectivity index (χ4n) is 1.40. The van der Waals surface area contributed by atoms with Gasteiger partial charge in [0.15, 0.2) is 0 Å². The van der Waals surface area contributed by atoms with E-state index < -0.39 is 16.9 Å². The Balaban J connectivity index is 2.86. The molecular formula is C11H13ClN2O4. The van der Waals surface area contributed by atoms with Gasteiger partial charge in [0, 0.05) is 17.2 Å². The number of esters is 1. The van der Waals surface area contributed by atoms with E-state index in [-0.39, 0.29) is 18.7 Å². The fourth-order valence-corrected chi connectivity index (χ4v) is 1.60. The number of carbonyl (C=O) groups is 1. The Morgan fingerprint density at radius 2 is 2.28 bits per heavy atom. The maximum atomic E-state index is 11.4. The number of hydrogen-bond acceptors (Lipinski definition) is 5. The Morgan fingerprint density at radius 1 is 1.61 bits per heavy atom. The molecule has 7 heteroatoms. The zero-order chi connectivity index (χ0) is 13.7. The summed E-state index contributed by atoms with van der Waals surface area (Å²) in [5.41, 5.74) is 5.99. The van der Waals surface area contributed by atoms with Crippen LogP contribution in [0, 0.1) is 10.1 Å². The van der Waals surface area contributed by atoms with E-state index in [2.05, 4.69) is 0 Å². The van der Waals surface area contributed by atoms with Gasteiger partial charge in [-0.3, -0.25) is 14.9 Å². The summed E-state index contributed by atoms with van der Waals surface area (Å²) in [6.07, 6.45) is 0.0966. The molecule has 0 spiro atoms. The van der Waals surface area contributed by atoms with E-state index in [9.17, 15) is 14.9 Å². The van der Waals surface area contributed by atoms with Crippen LogP contribution in [0.5, 0.6) is 0 Å². The molecule has 1 aromatic carbocycles. The van der Waals surface area contributed by atoms with Crippen molar-refractivity contribution < 1.29 is 14.5 Å². The number of nitro benzene ring substituents is 1. The number of nitrogens with zero attached hydrogens (tertiary/aromatic N) is 1. The zero-order valence-electron chi connectivity index (χ0n) is 9.76. The smallest absolute Gasteiger partial charge is 0.323 e. The first-order chi connectivity index (χ1) is 8.45. The molecule has 98 valence electrons. The maximum Gasteiger partial charge on any atom is 0.323 e. The number of nitrogens with two attached hydrogens (primary N) is 1. The molecule has 0 aromatic heterocycles. The summed E-state index contributed by atoms with van der Waals surface area (Å²) in [7, 11) is 0. The van der Waals surface area contributed by atoms with Gasteiger partial charge in [-0.15, -0.1) is 0 Å². The number of nitro groups is 1. The van der Waals surface area contributed by atoms with E-state index >= 15 is 0 Å². The number of ether oxygens (including phenoxy) is 1. The summed E-state index contributed by atoms with van der Waals surface area (Å²) < 4.78 is 4.75. The van der Waals surface area contributed by atoms with Crippen LogP contribution >= 0.6 is 11.6 Å². The second kappa shape index (κ2) is 6.32. The molecule has 0 fully saturated rings. The minimum Gasteiger partial charge on any atom is -0.465 e. The van der Waals surface area contributed by atoms with E-state index in [1.807, 2.05) is 0 Å². The highest BCUT2D eigenvalue weighted by Crippen LogP contribution is 2.23. The number of non-ortho nitro benzene ring substituents is 1. The quantitative estimate of drug-likeness (QED) is 0.500. The van der Waals surface area contributed by atoms with Crippen LogP contribution in [0.15, 0.2) is 18.2 Å². The zero-order valence-corrected chi connectivity index (χ0v) is 10.5. The van der Waals surface area contributed by atoms with Gasteiger partial charge in [-0.25, -0.2) is 0 Å². The summed E-state index contributed by atoms with van der Waals surface area (Å²) in [6, 6.07) is 3.13. The molecule has 6 nitrogen and oxygen atoms in total. The molecule has 0 saturated heterocycles. The van der Waals surface area contributed by atoms with Crippen LogP contribution in [-0.2, 0) is 16.0 Å². The largest absolute Gasteiger partial charge is 0.465 e. The molecular weight excluding hydrogens is 260 g/mol. The van der Waals surface area contributed by atoms with Crippen LogP contribution < -0.4 is 5.73 Å². The van der Waals surface area contributed by atoms with Crippen molar-refractivity contribution >= 4 is 23.3 Å². The normalized spacial score (nSPS) is 11.9. The van der Waals surface area contributed by atoms with Gasteiger partial charge in [0.1, 0.15) is 6.04 Å². The first-order valence-corrected chi connectivity index (χ1v) is 5.68. The van der Waals surface area contributed by atoms with Gasteiger partial charge in [0.25, 0.3) is 5.69 Å². The molecule has 0 bridgehead atoms. The monoisotopic (exact) mass is 272 g/mol. The molecule has 0 aliphatic rings. The molecule has 1 atom stereocenters. The molecule has 0 heterocycles. The summed E-state index contributed by atoms with van der Waals surface area (Å²) in [5, 5.41) is 11.0. The molecule has 0 aliphatic heterocycles. The first kappa shape index (κ1) is 14.4. The lowest BCUT2D eigenvalue weighted by atomic mass is 10.1. The highest BCUT2D eigenvalue weighted by Gasteiger charge is 2.18. The predicted molar refractivity (Wildman–Crippen MR) is 66.4 cm³/mol. The number of benzene rings is 1. The van der Waals surface area contributed by atoms with Crippen molar-refractivity contribution in [3.63, 3.8) is 0 Å². The first-order valence-electron chi connectivity index (χ1n) is 5.30. The van der Waals surface area contributed by atoms with E-state index in [1.54, 1.807) is 6.92 Å². The number of carbonyl (C=O) groups excluding carboxylic acids is 1. The van der Waals surface area contributed by atoms with E-state index in [4.69, 9.17) is 22.1 Å². The summed E-state index contributed by atoms with van der Waals surface area (Å²) in [4.78, 5) is 21.4. The standard InChI is InChI=1S/C11H13ClN2O4/c1-2-18-11(15)10(13)6-7-5-8(14(16)17)3-4-9(7)12/h3-5,10H,2,6,13H2,1H3/t10-/m1/s1. The van der Waals surface area contributed by atoms with Gasteiger partial charge in [-0.05, 0) is 25.0 Å². The number of halogens is 1. The summed E-state index contributed by atoms with van der Waals surface area (Å²) in [6.45, 7) is 1.90. The average molecular weight is 273 g/mol. The topological polar surface area (TPSA) is 95.5 Å². The Morgan fingerprint density at radius 3 is 2.83 bits per heavy atom. The molecule has 1 aromatic rings. The van der Waals surface area contributed by atoms with Crippen molar-refractivity contribution in [1.82, 2.24) is 0 Å². The molecule has 0 radical (unpaired) electrons. The van der Waals surface area contributed by atoms with E-state index in [0.29, 0.717) is 10.6 Å². The molecule has 0 aliphatic carbocycles. The number of rotatable bonds is 5. The van der Waals surface area contributed by atoms with E-state index in [1.165, 1.54) is 18.2 Å². The van der Waals surface area contributed by atoms with Gasteiger partial charge in [0.2, 0.25) is 0 Å². The lowest BCUT2D eigenvalue weighted by Gasteiger charge is -2.11. The van der Waals surface area contributed by atoms with Gasteiger partial charge >= 0.3 is 5.97 Å². The summed E-state index contributed by atoms with van der Waals surface area (Å²) >= 11 is 5.90. The molecule has 1 rings (SSSR count). The second-order valence-corrected chi connectivity index (χ2v) is 4.00. The average Bonchev–Trinajstić information content (AvgIpc) is 2.31. The van der Waals surface area contributed by atoms with Crippen molar-refractivity contribution in [2.24, 2.45) is 5.73 Å². The predicted octanol–water partition coefficient (Wildman–Crippen LogP) is 1.68. The van der Waals surface area contributed by atoms with Crippen molar-refractivity contribution in [1.29, 1.82) is 0 Å². The highest BCUT2D eigenvalue weighted by atomic mass is 35.5. The van der Waals surface area contributed by atoms with Gasteiger partial charge in [0.05, 0.1) is 11.5 Å². The minimum absolute atomic E-state index is 0.0922. The van der Waals surface area contributed by atoms with Crippen molar-refractivity contribution in [3.05, 3.63) is 38.9 Å². The Kier molecular flexibility index (Phi) is 5.06. The Bertz CT molecular complexity index is 464. The third kappa shape index (κ3) is 3.68. The summed E-state index contributed by atoms with van der Waals surface area (Å²) in [5.74, 6) is -0.555. The van der Waals surface area contributed by atoms with Crippen LogP contribution in [0.4, 0.5) is 5.69 Å². The van der Waals surface area contributed by atoms with Crippen LogP contribution in [0.25, 0.3) is 0 Å². The lowest BCUT2D eigenvalue weighted by Crippen LogP contribution is -2.34. The molecule has 0 unspecified atom stereocenters. The molecule has 0 amide bonds. The van der Waals surface area contributed by atoms with Crippen molar-refractivity contribution in [2.75, 3.05) is 6.61 Å². The lowest BCUT2D eigenvalue weighted by molar-refractivity contribution is -0.384. The van der Waals surface area contributed by atoms with Gasteiger partial charge < -0.3 is 10.5 Å². The third-order valence-electron chi connectivity index (χ3n) is 2.27.